The van der Waals surface area contributed by atoms with E-state index in [9.17, 15) is 4.79 Å². The van der Waals surface area contributed by atoms with Gasteiger partial charge < -0.3 is 15.8 Å². The molecule has 0 fully saturated rings. The summed E-state index contributed by atoms with van der Waals surface area (Å²) in [4.78, 5) is 11.0. The second-order valence-corrected chi connectivity index (χ2v) is 2.89. The fourth-order valence-corrected chi connectivity index (χ4v) is 1.31. The highest BCUT2D eigenvalue weighted by Crippen LogP contribution is 2.33. The number of amides is 1. The Kier molecular flexibility index (Phi) is 3.72. The molecule has 0 aromatic heterocycles. The molecule has 0 aliphatic carbocycles. The first-order valence-electron chi connectivity index (χ1n) is 4.97. The third-order valence-corrected chi connectivity index (χ3v) is 1.85. The smallest absolute Gasteiger partial charge is 0.262 e. The summed E-state index contributed by atoms with van der Waals surface area (Å²) >= 11 is 0. The van der Waals surface area contributed by atoms with Gasteiger partial charge in [0.25, 0.3) is 5.91 Å². The predicted molar refractivity (Wildman–Crippen MR) is 61.0 cm³/mol. The molecule has 16 heavy (non-hydrogen) atoms. The van der Waals surface area contributed by atoms with Crippen LogP contribution >= 0.6 is 0 Å². The second kappa shape index (κ2) is 5.03. The van der Waals surface area contributed by atoms with Crippen molar-refractivity contribution in [2.24, 2.45) is 0 Å². The monoisotopic (exact) mass is 219 g/mol. The van der Waals surface area contributed by atoms with Gasteiger partial charge in [-0.15, -0.1) is 0 Å². The SMILES string of the molecule is CC.N#Cc1cc(N)cc2c1OCC(=O)N2. The summed E-state index contributed by atoms with van der Waals surface area (Å²) in [7, 11) is 0. The van der Waals surface area contributed by atoms with Gasteiger partial charge in [-0.1, -0.05) is 13.8 Å². The molecule has 84 valence electrons. The number of nitrogen functional groups attached to an aromatic ring is 1. The third kappa shape index (κ3) is 2.23. The fraction of sp³-hybridized carbons (Fsp3) is 0.273. The average Bonchev–Trinajstić information content (AvgIpc) is 2.30. The molecular formula is C11H13N3O2. The van der Waals surface area contributed by atoms with Crippen LogP contribution in [-0.4, -0.2) is 12.5 Å². The molecule has 1 aliphatic heterocycles. The van der Waals surface area contributed by atoms with E-state index in [1.165, 1.54) is 6.07 Å². The van der Waals surface area contributed by atoms with Gasteiger partial charge in [-0.05, 0) is 12.1 Å². The molecule has 1 amide bonds. The van der Waals surface area contributed by atoms with E-state index in [1.54, 1.807) is 6.07 Å². The topological polar surface area (TPSA) is 88.1 Å². The molecular weight excluding hydrogens is 206 g/mol. The van der Waals surface area contributed by atoms with E-state index >= 15 is 0 Å². The van der Waals surface area contributed by atoms with E-state index in [-0.39, 0.29) is 12.5 Å². The van der Waals surface area contributed by atoms with E-state index in [1.807, 2.05) is 19.9 Å². The molecule has 1 aromatic rings. The number of hydrogen-bond donors (Lipinski definition) is 2. The van der Waals surface area contributed by atoms with Crippen molar-refractivity contribution in [3.63, 3.8) is 0 Å². The number of carbonyl (C=O) groups is 1. The lowest BCUT2D eigenvalue weighted by molar-refractivity contribution is -0.118. The summed E-state index contributed by atoms with van der Waals surface area (Å²) in [6, 6.07) is 5.03. The Morgan fingerprint density at radius 2 is 2.19 bits per heavy atom. The molecule has 1 aromatic carbocycles. The predicted octanol–water partition coefficient (Wildman–Crippen LogP) is 1.50. The first-order valence-corrected chi connectivity index (χ1v) is 4.97. The van der Waals surface area contributed by atoms with Crippen LogP contribution < -0.4 is 15.8 Å². The Labute approximate surface area is 93.8 Å². The van der Waals surface area contributed by atoms with E-state index < -0.39 is 0 Å². The number of benzene rings is 1. The molecule has 2 rings (SSSR count). The van der Waals surface area contributed by atoms with Crippen LogP contribution in [0.5, 0.6) is 5.75 Å². The number of hydrogen-bond acceptors (Lipinski definition) is 4. The molecule has 0 atom stereocenters. The minimum atomic E-state index is -0.244. The van der Waals surface area contributed by atoms with Crippen molar-refractivity contribution < 1.29 is 9.53 Å². The number of nitriles is 1. The van der Waals surface area contributed by atoms with Crippen LogP contribution in [0.2, 0.25) is 0 Å². The zero-order chi connectivity index (χ0) is 12.1. The first kappa shape index (κ1) is 11.9. The lowest BCUT2D eigenvalue weighted by Crippen LogP contribution is -2.26. The quantitative estimate of drug-likeness (QED) is 0.647. The molecule has 0 unspecified atom stereocenters. The molecule has 5 nitrogen and oxygen atoms in total. The molecule has 0 bridgehead atoms. The Bertz CT molecular complexity index is 449. The highest BCUT2D eigenvalue weighted by atomic mass is 16.5. The highest BCUT2D eigenvalue weighted by Gasteiger charge is 2.19. The summed E-state index contributed by atoms with van der Waals surface area (Å²) in [6.45, 7) is 3.94. The van der Waals surface area contributed by atoms with Crippen molar-refractivity contribution in [2.75, 3.05) is 17.7 Å². The van der Waals surface area contributed by atoms with Crippen LogP contribution in [0.1, 0.15) is 19.4 Å². The number of carbonyl (C=O) groups excluding carboxylic acids is 1. The van der Waals surface area contributed by atoms with Gasteiger partial charge in [0.05, 0.1) is 11.3 Å². The van der Waals surface area contributed by atoms with Crippen molar-refractivity contribution in [1.29, 1.82) is 5.26 Å². The van der Waals surface area contributed by atoms with E-state index in [0.717, 1.165) is 0 Å². The van der Waals surface area contributed by atoms with Crippen LogP contribution in [0, 0.1) is 11.3 Å². The lowest BCUT2D eigenvalue weighted by Gasteiger charge is -2.18. The lowest BCUT2D eigenvalue weighted by atomic mass is 10.1. The maximum Gasteiger partial charge on any atom is 0.262 e. The summed E-state index contributed by atoms with van der Waals surface area (Å²) in [5.74, 6) is 0.147. The van der Waals surface area contributed by atoms with Crippen LogP contribution in [0.25, 0.3) is 0 Å². The molecule has 3 N–H and O–H groups in total. The van der Waals surface area contributed by atoms with Crippen molar-refractivity contribution in [1.82, 2.24) is 0 Å². The third-order valence-electron chi connectivity index (χ3n) is 1.85. The van der Waals surface area contributed by atoms with Crippen LogP contribution in [0.4, 0.5) is 11.4 Å². The summed E-state index contributed by atoms with van der Waals surface area (Å²) in [5, 5.41) is 11.4. The van der Waals surface area contributed by atoms with Gasteiger partial charge in [-0.25, -0.2) is 0 Å². The van der Waals surface area contributed by atoms with E-state index in [2.05, 4.69) is 5.32 Å². The highest BCUT2D eigenvalue weighted by molar-refractivity contribution is 5.96. The number of fused-ring (bicyclic) bond motifs is 1. The summed E-state index contributed by atoms with van der Waals surface area (Å²) < 4.78 is 5.12. The molecule has 5 heteroatoms. The molecule has 0 saturated heterocycles. The van der Waals surface area contributed by atoms with Gasteiger partial charge in [-0.3, -0.25) is 4.79 Å². The number of rotatable bonds is 0. The van der Waals surface area contributed by atoms with Crippen molar-refractivity contribution in [2.45, 2.75) is 13.8 Å². The Balaban J connectivity index is 0.000000606. The minimum Gasteiger partial charge on any atom is -0.480 e. The zero-order valence-corrected chi connectivity index (χ0v) is 9.20. The molecule has 0 spiro atoms. The van der Waals surface area contributed by atoms with Gasteiger partial charge in [0.15, 0.2) is 12.4 Å². The summed E-state index contributed by atoms with van der Waals surface area (Å²) in [5.41, 5.74) is 6.76. The van der Waals surface area contributed by atoms with Crippen molar-refractivity contribution in [3.8, 4) is 11.8 Å². The van der Waals surface area contributed by atoms with E-state index in [0.29, 0.717) is 22.7 Å². The number of ether oxygens (including phenoxy) is 1. The normalized spacial score (nSPS) is 12.2. The number of nitrogens with zero attached hydrogens (tertiary/aromatic N) is 1. The van der Waals surface area contributed by atoms with Gasteiger partial charge in [-0.2, -0.15) is 5.26 Å². The Hall–Kier alpha value is -2.22. The summed E-state index contributed by atoms with van der Waals surface area (Å²) in [6.07, 6.45) is 0. The van der Waals surface area contributed by atoms with Crippen LogP contribution in [-0.2, 0) is 4.79 Å². The maximum atomic E-state index is 11.0. The molecule has 1 heterocycles. The van der Waals surface area contributed by atoms with E-state index in [4.69, 9.17) is 15.7 Å². The number of anilines is 2. The Morgan fingerprint density at radius 1 is 1.50 bits per heavy atom. The fourth-order valence-electron chi connectivity index (χ4n) is 1.31. The molecule has 0 radical (unpaired) electrons. The largest absolute Gasteiger partial charge is 0.480 e. The van der Waals surface area contributed by atoms with Gasteiger partial charge >= 0.3 is 0 Å². The standard InChI is InChI=1S/C9H7N3O2.C2H6/c10-3-5-1-6(11)2-7-9(5)14-4-8(13)12-7;1-2/h1-2H,4,11H2,(H,12,13);1-2H3. The van der Waals surface area contributed by atoms with Crippen LogP contribution in [0.3, 0.4) is 0 Å². The second-order valence-electron chi connectivity index (χ2n) is 2.89. The van der Waals surface area contributed by atoms with Gasteiger partial charge in [0.2, 0.25) is 0 Å². The van der Waals surface area contributed by atoms with Crippen molar-refractivity contribution >= 4 is 17.3 Å². The molecule has 0 saturated carbocycles. The molecule has 1 aliphatic rings. The van der Waals surface area contributed by atoms with Crippen molar-refractivity contribution in [3.05, 3.63) is 17.7 Å². The zero-order valence-electron chi connectivity index (χ0n) is 9.20. The first-order chi connectivity index (χ1) is 7.70. The minimum absolute atomic E-state index is 0.0639. The van der Waals surface area contributed by atoms with Gasteiger partial charge in [0, 0.05) is 5.69 Å². The van der Waals surface area contributed by atoms with Gasteiger partial charge in [0.1, 0.15) is 6.07 Å². The van der Waals surface area contributed by atoms with Crippen LogP contribution in [0.15, 0.2) is 12.1 Å². The average molecular weight is 219 g/mol. The number of nitrogens with two attached hydrogens (primary N) is 1. The maximum absolute atomic E-state index is 11.0. The number of nitrogens with one attached hydrogen (secondary N) is 1. The Morgan fingerprint density at radius 3 is 2.81 bits per heavy atom.